The molecule has 1 aromatic heterocycles. The molecule has 0 amide bonds. The molecule has 2 N–H and O–H groups in total. The molecule has 0 fully saturated rings. The number of hydrogen-bond acceptors (Lipinski definition) is 2. The Morgan fingerprint density at radius 3 is 2.60 bits per heavy atom. The van der Waals surface area contributed by atoms with Gasteiger partial charge in [-0.15, -0.1) is 0 Å². The number of hydrogen-bond donors (Lipinski definition) is 1. The van der Waals surface area contributed by atoms with Crippen molar-refractivity contribution in [2.75, 3.05) is 0 Å². The van der Waals surface area contributed by atoms with E-state index in [2.05, 4.69) is 0 Å². The minimum atomic E-state index is -0.224. The number of rotatable bonds is 3. The largest absolute Gasteiger partial charge is 0.464 e. The average Bonchev–Trinajstić information content (AvgIpc) is 2.65. The van der Waals surface area contributed by atoms with Gasteiger partial charge in [-0.2, -0.15) is 0 Å². The highest BCUT2D eigenvalue weighted by molar-refractivity contribution is 5.22. The third kappa shape index (κ3) is 2.44. The van der Waals surface area contributed by atoms with Crippen molar-refractivity contribution in [1.82, 2.24) is 0 Å². The second-order valence-electron chi connectivity index (χ2n) is 3.38. The van der Waals surface area contributed by atoms with E-state index < -0.39 is 0 Å². The van der Waals surface area contributed by atoms with E-state index in [9.17, 15) is 4.39 Å². The smallest absolute Gasteiger partial charge is 0.123 e. The Bertz CT molecular complexity index is 450. The van der Waals surface area contributed by atoms with Gasteiger partial charge >= 0.3 is 0 Å². The van der Waals surface area contributed by atoms with Gasteiger partial charge in [-0.3, -0.25) is 0 Å². The summed E-state index contributed by atoms with van der Waals surface area (Å²) >= 11 is 0. The predicted molar refractivity (Wildman–Crippen MR) is 55.8 cm³/mol. The maximum absolute atomic E-state index is 12.9. The second-order valence-corrected chi connectivity index (χ2v) is 3.38. The van der Waals surface area contributed by atoms with E-state index in [1.54, 1.807) is 6.07 Å². The summed E-state index contributed by atoms with van der Waals surface area (Å²) in [5, 5.41) is 0. The molecule has 0 unspecified atom stereocenters. The lowest BCUT2D eigenvalue weighted by atomic mass is 10.1. The van der Waals surface area contributed by atoms with E-state index in [1.807, 2.05) is 18.2 Å². The third-order valence-electron chi connectivity index (χ3n) is 2.19. The first-order valence-electron chi connectivity index (χ1n) is 4.80. The Labute approximate surface area is 87.5 Å². The lowest BCUT2D eigenvalue weighted by Crippen LogP contribution is -1.93. The van der Waals surface area contributed by atoms with Crippen molar-refractivity contribution in [3.05, 3.63) is 59.3 Å². The van der Waals surface area contributed by atoms with Gasteiger partial charge in [0, 0.05) is 6.42 Å². The van der Waals surface area contributed by atoms with Crippen LogP contribution >= 0.6 is 0 Å². The molecule has 0 radical (unpaired) electrons. The van der Waals surface area contributed by atoms with E-state index in [4.69, 9.17) is 10.2 Å². The van der Waals surface area contributed by atoms with E-state index in [0.717, 1.165) is 17.1 Å². The zero-order valence-corrected chi connectivity index (χ0v) is 8.24. The molecular formula is C12H12FNO. The summed E-state index contributed by atoms with van der Waals surface area (Å²) in [6.07, 6.45) is 0.595. The summed E-state index contributed by atoms with van der Waals surface area (Å²) in [6, 6.07) is 10.2. The van der Waals surface area contributed by atoms with Crippen LogP contribution in [-0.4, -0.2) is 0 Å². The summed E-state index contributed by atoms with van der Waals surface area (Å²) in [6.45, 7) is 0.392. The van der Waals surface area contributed by atoms with Crippen LogP contribution in [0.4, 0.5) is 4.39 Å². The molecule has 0 aliphatic rings. The zero-order chi connectivity index (χ0) is 10.7. The molecule has 0 atom stereocenters. The molecule has 0 bridgehead atoms. The molecule has 0 saturated carbocycles. The maximum atomic E-state index is 12.9. The molecule has 0 spiro atoms. The minimum Gasteiger partial charge on any atom is -0.464 e. The first kappa shape index (κ1) is 9.93. The lowest BCUT2D eigenvalue weighted by Gasteiger charge is -1.98. The van der Waals surface area contributed by atoms with Gasteiger partial charge in [0.15, 0.2) is 0 Å². The summed E-state index contributed by atoms with van der Waals surface area (Å²) in [7, 11) is 0. The van der Waals surface area contributed by atoms with Crippen LogP contribution < -0.4 is 5.73 Å². The van der Waals surface area contributed by atoms with Crippen molar-refractivity contribution in [2.45, 2.75) is 13.0 Å². The van der Waals surface area contributed by atoms with E-state index >= 15 is 0 Å². The van der Waals surface area contributed by atoms with Gasteiger partial charge in [0.05, 0.1) is 6.54 Å². The molecule has 0 saturated heterocycles. The predicted octanol–water partition coefficient (Wildman–Crippen LogP) is 2.47. The Hall–Kier alpha value is -1.61. The molecule has 3 heteroatoms. The van der Waals surface area contributed by atoms with E-state index in [-0.39, 0.29) is 5.82 Å². The fourth-order valence-electron chi connectivity index (χ4n) is 1.48. The van der Waals surface area contributed by atoms with Crippen molar-refractivity contribution in [2.24, 2.45) is 5.73 Å². The van der Waals surface area contributed by atoms with Gasteiger partial charge in [0.1, 0.15) is 17.3 Å². The highest BCUT2D eigenvalue weighted by atomic mass is 19.1. The van der Waals surface area contributed by atoms with Crippen LogP contribution in [0.15, 0.2) is 40.8 Å². The summed E-state index contributed by atoms with van der Waals surface area (Å²) < 4.78 is 18.3. The van der Waals surface area contributed by atoms with Gasteiger partial charge < -0.3 is 10.2 Å². The lowest BCUT2D eigenvalue weighted by molar-refractivity contribution is 0.475. The normalized spacial score (nSPS) is 10.5. The van der Waals surface area contributed by atoms with Gasteiger partial charge in [0.2, 0.25) is 0 Å². The second kappa shape index (κ2) is 4.28. The monoisotopic (exact) mass is 205 g/mol. The maximum Gasteiger partial charge on any atom is 0.123 e. The molecule has 15 heavy (non-hydrogen) atoms. The fraction of sp³-hybridized carbons (Fsp3) is 0.167. The van der Waals surface area contributed by atoms with E-state index in [0.29, 0.717) is 13.0 Å². The average molecular weight is 205 g/mol. The van der Waals surface area contributed by atoms with Crippen molar-refractivity contribution in [3.63, 3.8) is 0 Å². The van der Waals surface area contributed by atoms with Crippen molar-refractivity contribution in [1.29, 1.82) is 0 Å². The Balaban J connectivity index is 2.14. The fourth-order valence-corrected chi connectivity index (χ4v) is 1.48. The highest BCUT2D eigenvalue weighted by Crippen LogP contribution is 2.13. The summed E-state index contributed by atoms with van der Waals surface area (Å²) in [4.78, 5) is 0. The van der Waals surface area contributed by atoms with Crippen LogP contribution in [-0.2, 0) is 13.0 Å². The first-order chi connectivity index (χ1) is 7.28. The minimum absolute atomic E-state index is 0.224. The van der Waals surface area contributed by atoms with Crippen molar-refractivity contribution < 1.29 is 8.81 Å². The third-order valence-corrected chi connectivity index (χ3v) is 2.19. The number of nitrogens with two attached hydrogens (primary N) is 1. The van der Waals surface area contributed by atoms with Crippen LogP contribution in [0.25, 0.3) is 0 Å². The van der Waals surface area contributed by atoms with Crippen LogP contribution in [0.5, 0.6) is 0 Å². The molecular weight excluding hydrogens is 193 g/mol. The Kier molecular flexibility index (Phi) is 2.83. The zero-order valence-electron chi connectivity index (χ0n) is 8.24. The number of halogens is 1. The molecule has 1 aromatic carbocycles. The van der Waals surface area contributed by atoms with Gasteiger partial charge in [-0.1, -0.05) is 12.1 Å². The number of benzene rings is 1. The van der Waals surface area contributed by atoms with E-state index in [1.165, 1.54) is 12.1 Å². The topological polar surface area (TPSA) is 39.2 Å². The standard InChI is InChI=1S/C12H12FNO/c13-10-3-1-2-9(6-10)7-11-4-5-12(8-14)15-11/h1-6H,7-8,14H2. The molecule has 0 aliphatic carbocycles. The van der Waals surface area contributed by atoms with Crippen LogP contribution in [0.2, 0.25) is 0 Å². The Morgan fingerprint density at radius 2 is 1.93 bits per heavy atom. The van der Waals surface area contributed by atoms with Crippen molar-refractivity contribution >= 4 is 0 Å². The van der Waals surface area contributed by atoms with Gasteiger partial charge in [-0.25, -0.2) is 4.39 Å². The number of furan rings is 1. The molecule has 2 rings (SSSR count). The highest BCUT2D eigenvalue weighted by Gasteiger charge is 2.02. The van der Waals surface area contributed by atoms with Crippen LogP contribution in [0.1, 0.15) is 17.1 Å². The molecule has 1 heterocycles. The summed E-state index contributed by atoms with van der Waals surface area (Å²) in [5.74, 6) is 1.33. The van der Waals surface area contributed by atoms with Gasteiger partial charge in [0.25, 0.3) is 0 Å². The van der Waals surface area contributed by atoms with Gasteiger partial charge in [-0.05, 0) is 29.8 Å². The quantitative estimate of drug-likeness (QED) is 0.836. The van der Waals surface area contributed by atoms with Crippen LogP contribution in [0, 0.1) is 5.82 Å². The van der Waals surface area contributed by atoms with Crippen LogP contribution in [0.3, 0.4) is 0 Å². The van der Waals surface area contributed by atoms with Crippen molar-refractivity contribution in [3.8, 4) is 0 Å². The molecule has 2 nitrogen and oxygen atoms in total. The molecule has 0 aliphatic heterocycles. The molecule has 2 aromatic rings. The first-order valence-corrected chi connectivity index (χ1v) is 4.80. The Morgan fingerprint density at radius 1 is 1.13 bits per heavy atom. The summed E-state index contributed by atoms with van der Waals surface area (Å²) in [5.41, 5.74) is 6.32. The SMILES string of the molecule is NCc1ccc(Cc2cccc(F)c2)o1. The molecule has 78 valence electrons.